The lowest BCUT2D eigenvalue weighted by molar-refractivity contribution is 0.178. The first-order valence-electron chi connectivity index (χ1n) is 6.22. The Balaban J connectivity index is 1.55. The number of nitrogens with one attached hydrogen (secondary N) is 1. The van der Waals surface area contributed by atoms with Gasteiger partial charge in [-0.3, -0.25) is 10.00 Å². The lowest BCUT2D eigenvalue weighted by atomic mass is 10.3. The van der Waals surface area contributed by atoms with E-state index >= 15 is 0 Å². The summed E-state index contributed by atoms with van der Waals surface area (Å²) in [6.45, 7) is 3.40. The van der Waals surface area contributed by atoms with Crippen LogP contribution in [-0.2, 0) is 16.6 Å². The number of rotatable bonds is 4. The van der Waals surface area contributed by atoms with E-state index in [0.29, 0.717) is 19.6 Å². The molecular weight excluding hydrogens is 254 g/mol. The van der Waals surface area contributed by atoms with Crippen molar-refractivity contribution in [1.29, 1.82) is 0 Å². The third-order valence-corrected chi connectivity index (χ3v) is 5.87. The number of aromatic amines is 1. The van der Waals surface area contributed by atoms with Gasteiger partial charge in [0.1, 0.15) is 12.2 Å². The molecule has 1 N–H and O–H groups in total. The second-order valence-corrected chi connectivity index (χ2v) is 7.06. The molecule has 1 saturated heterocycles. The lowest BCUT2D eigenvalue weighted by Gasteiger charge is -2.33. The van der Waals surface area contributed by atoms with E-state index in [0.717, 1.165) is 31.8 Å². The molecule has 0 spiro atoms. The van der Waals surface area contributed by atoms with Gasteiger partial charge in [-0.1, -0.05) is 0 Å². The van der Waals surface area contributed by atoms with E-state index < -0.39 is 10.0 Å². The van der Waals surface area contributed by atoms with Crippen LogP contribution in [0, 0.1) is 0 Å². The molecule has 0 bridgehead atoms. The number of aromatic nitrogens is 3. The van der Waals surface area contributed by atoms with E-state index in [2.05, 4.69) is 20.1 Å². The summed E-state index contributed by atoms with van der Waals surface area (Å²) < 4.78 is 25.7. The second kappa shape index (κ2) is 4.60. The number of nitrogens with zero attached hydrogens (tertiary/aromatic N) is 4. The van der Waals surface area contributed by atoms with Gasteiger partial charge in [0, 0.05) is 26.2 Å². The molecule has 0 amide bonds. The fourth-order valence-corrected chi connectivity index (χ4v) is 4.06. The van der Waals surface area contributed by atoms with Gasteiger partial charge >= 0.3 is 0 Å². The van der Waals surface area contributed by atoms with Crippen LogP contribution in [0.3, 0.4) is 0 Å². The van der Waals surface area contributed by atoms with Crippen LogP contribution in [0.15, 0.2) is 6.33 Å². The number of sulfonamides is 1. The molecule has 1 aliphatic heterocycles. The molecule has 18 heavy (non-hydrogen) atoms. The average Bonchev–Trinajstić information content (AvgIpc) is 3.11. The first-order valence-corrected chi connectivity index (χ1v) is 7.72. The topological polar surface area (TPSA) is 82.2 Å². The van der Waals surface area contributed by atoms with Crippen LogP contribution in [0.25, 0.3) is 0 Å². The standard InChI is InChI=1S/C10H17N5O2S/c16-18(17,9-1-2-9)15-5-3-14(4-6-15)7-10-11-8-12-13-10/h8-9H,1-7H2,(H,11,12,13). The highest BCUT2D eigenvalue weighted by Gasteiger charge is 2.40. The molecule has 0 atom stereocenters. The van der Waals surface area contributed by atoms with E-state index in [-0.39, 0.29) is 5.25 Å². The Morgan fingerprint density at radius 3 is 2.56 bits per heavy atom. The highest BCUT2D eigenvalue weighted by atomic mass is 32.2. The van der Waals surface area contributed by atoms with Crippen molar-refractivity contribution in [3.63, 3.8) is 0 Å². The van der Waals surface area contributed by atoms with E-state index in [4.69, 9.17) is 0 Å². The normalized spacial score (nSPS) is 23.3. The largest absolute Gasteiger partial charge is 0.293 e. The average molecular weight is 271 g/mol. The summed E-state index contributed by atoms with van der Waals surface area (Å²) in [5.74, 6) is 0.827. The van der Waals surface area contributed by atoms with Crippen LogP contribution in [0.1, 0.15) is 18.7 Å². The summed E-state index contributed by atoms with van der Waals surface area (Å²) in [5.41, 5.74) is 0. The van der Waals surface area contributed by atoms with Crippen molar-refractivity contribution in [3.8, 4) is 0 Å². The minimum Gasteiger partial charge on any atom is -0.293 e. The lowest BCUT2D eigenvalue weighted by Crippen LogP contribution is -2.49. The Bertz CT molecular complexity index is 488. The molecule has 0 unspecified atom stereocenters. The van der Waals surface area contributed by atoms with E-state index in [1.165, 1.54) is 6.33 Å². The molecule has 100 valence electrons. The molecule has 8 heteroatoms. The van der Waals surface area contributed by atoms with E-state index in [1.807, 2.05) is 0 Å². The quantitative estimate of drug-likeness (QED) is 0.792. The maximum atomic E-state index is 12.1. The molecule has 1 aromatic heterocycles. The van der Waals surface area contributed by atoms with Crippen LogP contribution in [0.2, 0.25) is 0 Å². The van der Waals surface area contributed by atoms with Gasteiger partial charge in [0.25, 0.3) is 0 Å². The second-order valence-electron chi connectivity index (χ2n) is 4.85. The van der Waals surface area contributed by atoms with E-state index in [1.54, 1.807) is 4.31 Å². The fourth-order valence-electron chi connectivity index (χ4n) is 2.24. The van der Waals surface area contributed by atoms with Crippen molar-refractivity contribution in [2.24, 2.45) is 0 Å². The first kappa shape index (κ1) is 12.1. The van der Waals surface area contributed by atoms with Gasteiger partial charge in [0.05, 0.1) is 11.8 Å². The van der Waals surface area contributed by atoms with Crippen molar-refractivity contribution >= 4 is 10.0 Å². The Morgan fingerprint density at radius 1 is 1.28 bits per heavy atom. The SMILES string of the molecule is O=S(=O)(C1CC1)N1CCN(Cc2ncn[nH]2)CC1. The molecule has 1 aliphatic carbocycles. The van der Waals surface area contributed by atoms with Crippen molar-refractivity contribution in [2.75, 3.05) is 26.2 Å². The van der Waals surface area contributed by atoms with Gasteiger partial charge in [0.15, 0.2) is 0 Å². The zero-order valence-corrected chi connectivity index (χ0v) is 10.9. The first-order chi connectivity index (χ1) is 8.66. The number of H-pyrrole nitrogens is 1. The van der Waals surface area contributed by atoms with Gasteiger partial charge in [-0.15, -0.1) is 0 Å². The van der Waals surface area contributed by atoms with Crippen LogP contribution in [0.5, 0.6) is 0 Å². The number of hydrogen-bond acceptors (Lipinski definition) is 5. The summed E-state index contributed by atoms with van der Waals surface area (Å²) in [6.07, 6.45) is 3.16. The maximum Gasteiger partial charge on any atom is 0.217 e. The summed E-state index contributed by atoms with van der Waals surface area (Å²) in [4.78, 5) is 6.27. The molecule has 2 heterocycles. The van der Waals surface area contributed by atoms with Gasteiger partial charge in [-0.05, 0) is 12.8 Å². The summed E-state index contributed by atoms with van der Waals surface area (Å²) >= 11 is 0. The summed E-state index contributed by atoms with van der Waals surface area (Å²) in [7, 11) is -3.00. The molecular formula is C10H17N5O2S. The van der Waals surface area contributed by atoms with Gasteiger partial charge in [0.2, 0.25) is 10.0 Å². The van der Waals surface area contributed by atoms with Crippen molar-refractivity contribution in [1.82, 2.24) is 24.4 Å². The third-order valence-electron chi connectivity index (χ3n) is 3.48. The Morgan fingerprint density at radius 2 is 2.00 bits per heavy atom. The molecule has 3 rings (SSSR count). The highest BCUT2D eigenvalue weighted by molar-refractivity contribution is 7.90. The zero-order chi connectivity index (χ0) is 12.6. The van der Waals surface area contributed by atoms with Crippen molar-refractivity contribution in [3.05, 3.63) is 12.2 Å². The Kier molecular flexibility index (Phi) is 3.08. The molecule has 2 fully saturated rings. The predicted molar refractivity (Wildman–Crippen MR) is 65.2 cm³/mol. The Hall–Kier alpha value is -0.990. The molecule has 1 aromatic rings. The van der Waals surface area contributed by atoms with Crippen LogP contribution >= 0.6 is 0 Å². The summed E-state index contributed by atoms with van der Waals surface area (Å²) in [5, 5.41) is 6.52. The fraction of sp³-hybridized carbons (Fsp3) is 0.800. The van der Waals surface area contributed by atoms with Gasteiger partial charge < -0.3 is 0 Å². The molecule has 7 nitrogen and oxygen atoms in total. The van der Waals surface area contributed by atoms with Crippen molar-refractivity contribution < 1.29 is 8.42 Å². The monoisotopic (exact) mass is 271 g/mol. The molecule has 0 aromatic carbocycles. The molecule has 1 saturated carbocycles. The van der Waals surface area contributed by atoms with Gasteiger partial charge in [-0.2, -0.15) is 9.40 Å². The van der Waals surface area contributed by atoms with Crippen LogP contribution in [0.4, 0.5) is 0 Å². The molecule has 0 radical (unpaired) electrons. The van der Waals surface area contributed by atoms with Crippen molar-refractivity contribution in [2.45, 2.75) is 24.6 Å². The minimum absolute atomic E-state index is 0.0988. The summed E-state index contributed by atoms with van der Waals surface area (Å²) in [6, 6.07) is 0. The molecule has 2 aliphatic rings. The maximum absolute atomic E-state index is 12.1. The Labute approximate surface area is 106 Å². The highest BCUT2D eigenvalue weighted by Crippen LogP contribution is 2.31. The number of hydrogen-bond donors (Lipinski definition) is 1. The number of piperazine rings is 1. The predicted octanol–water partition coefficient (Wildman–Crippen LogP) is -0.585. The minimum atomic E-state index is -3.00. The third kappa shape index (κ3) is 2.40. The van der Waals surface area contributed by atoms with E-state index in [9.17, 15) is 8.42 Å². The van der Waals surface area contributed by atoms with Gasteiger partial charge in [-0.25, -0.2) is 13.4 Å². The van der Waals surface area contributed by atoms with Crippen LogP contribution < -0.4 is 0 Å². The van der Waals surface area contributed by atoms with Crippen LogP contribution in [-0.4, -0.2) is 64.2 Å². The smallest absolute Gasteiger partial charge is 0.217 e. The zero-order valence-electron chi connectivity index (χ0n) is 10.1.